The van der Waals surface area contributed by atoms with Crippen molar-refractivity contribution in [2.24, 2.45) is 5.73 Å². The van der Waals surface area contributed by atoms with Gasteiger partial charge in [-0.05, 0) is 6.07 Å². The largest absolute Gasteiger partial charge is 0.574 e. The Morgan fingerprint density at radius 2 is 1.79 bits per heavy atom. The van der Waals surface area contributed by atoms with Gasteiger partial charge in [-0.25, -0.2) is 4.98 Å². The fourth-order valence-corrected chi connectivity index (χ4v) is 1.30. The minimum Gasteiger partial charge on any atom is -0.391 e. The second-order valence-electron chi connectivity index (χ2n) is 3.35. The molecule has 0 aliphatic rings. The maximum absolute atomic E-state index is 12.6. The SMILES string of the molecule is NCc1cc(C(F)(F)F)c(CO)c(OC(F)(F)F)n1. The molecule has 0 atom stereocenters. The normalized spacial score (nSPS) is 12.6. The summed E-state index contributed by atoms with van der Waals surface area (Å²) in [7, 11) is 0. The number of rotatable bonds is 3. The Hall–Kier alpha value is -1.55. The monoisotopic (exact) mass is 290 g/mol. The zero-order valence-corrected chi connectivity index (χ0v) is 9.14. The van der Waals surface area contributed by atoms with Crippen molar-refractivity contribution in [2.75, 3.05) is 0 Å². The summed E-state index contributed by atoms with van der Waals surface area (Å²) in [6, 6.07) is 0.467. The van der Waals surface area contributed by atoms with Crippen LogP contribution < -0.4 is 10.5 Å². The van der Waals surface area contributed by atoms with Crippen LogP contribution in [0.4, 0.5) is 26.3 Å². The van der Waals surface area contributed by atoms with Gasteiger partial charge in [0.15, 0.2) is 0 Å². The second-order valence-corrected chi connectivity index (χ2v) is 3.35. The average Bonchev–Trinajstić information content (AvgIpc) is 2.24. The van der Waals surface area contributed by atoms with Crippen LogP contribution in [0.3, 0.4) is 0 Å². The topological polar surface area (TPSA) is 68.4 Å². The molecule has 0 spiro atoms. The van der Waals surface area contributed by atoms with Gasteiger partial charge in [-0.3, -0.25) is 0 Å². The molecule has 0 saturated heterocycles. The van der Waals surface area contributed by atoms with Crippen LogP contribution in [0.1, 0.15) is 16.8 Å². The molecule has 0 saturated carbocycles. The van der Waals surface area contributed by atoms with Crippen molar-refractivity contribution in [1.82, 2.24) is 4.98 Å². The molecule has 4 nitrogen and oxygen atoms in total. The number of halogens is 6. The summed E-state index contributed by atoms with van der Waals surface area (Å²) in [5.41, 5.74) is 2.05. The molecule has 1 aromatic rings. The summed E-state index contributed by atoms with van der Waals surface area (Å²) in [5, 5.41) is 8.80. The van der Waals surface area contributed by atoms with E-state index in [1.807, 2.05) is 0 Å². The summed E-state index contributed by atoms with van der Waals surface area (Å²) >= 11 is 0. The molecule has 0 amide bonds. The minimum absolute atomic E-state index is 0.441. The second kappa shape index (κ2) is 5.21. The standard InChI is InChI=1S/C9H8F6N2O2/c10-8(11,12)6-1-4(2-16)17-7(5(6)3-18)19-9(13,14)15/h1,18H,2-3,16H2. The van der Waals surface area contributed by atoms with E-state index in [0.717, 1.165) is 0 Å². The number of pyridine rings is 1. The van der Waals surface area contributed by atoms with Gasteiger partial charge >= 0.3 is 12.5 Å². The zero-order chi connectivity index (χ0) is 14.8. The highest BCUT2D eigenvalue weighted by Gasteiger charge is 2.39. The first kappa shape index (κ1) is 15.5. The first-order valence-corrected chi connectivity index (χ1v) is 4.75. The van der Waals surface area contributed by atoms with Gasteiger partial charge in [-0.15, -0.1) is 13.2 Å². The molecule has 0 aromatic carbocycles. The van der Waals surface area contributed by atoms with E-state index in [1.54, 1.807) is 0 Å². The van der Waals surface area contributed by atoms with Gasteiger partial charge in [0.1, 0.15) is 0 Å². The molecule has 1 rings (SSSR count). The van der Waals surface area contributed by atoms with Crippen LogP contribution >= 0.6 is 0 Å². The van der Waals surface area contributed by atoms with Gasteiger partial charge in [0.25, 0.3) is 0 Å². The number of hydrogen-bond donors (Lipinski definition) is 2. The summed E-state index contributed by atoms with van der Waals surface area (Å²) in [5.74, 6) is -1.36. The van der Waals surface area contributed by atoms with Crippen molar-refractivity contribution in [1.29, 1.82) is 0 Å². The van der Waals surface area contributed by atoms with E-state index in [9.17, 15) is 26.3 Å². The van der Waals surface area contributed by atoms with Crippen molar-refractivity contribution in [3.8, 4) is 5.88 Å². The van der Waals surface area contributed by atoms with E-state index in [4.69, 9.17) is 10.8 Å². The highest BCUT2D eigenvalue weighted by molar-refractivity contribution is 5.38. The number of nitrogens with zero attached hydrogens (tertiary/aromatic N) is 1. The molecule has 0 unspecified atom stereocenters. The van der Waals surface area contributed by atoms with Crippen molar-refractivity contribution in [2.45, 2.75) is 25.7 Å². The molecule has 108 valence electrons. The van der Waals surface area contributed by atoms with E-state index in [0.29, 0.717) is 6.07 Å². The molecule has 0 bridgehead atoms. The lowest BCUT2D eigenvalue weighted by atomic mass is 10.1. The smallest absolute Gasteiger partial charge is 0.391 e. The Morgan fingerprint density at radius 1 is 1.21 bits per heavy atom. The summed E-state index contributed by atoms with van der Waals surface area (Å²) < 4.78 is 77.5. The van der Waals surface area contributed by atoms with E-state index < -0.39 is 48.4 Å². The third-order valence-electron chi connectivity index (χ3n) is 2.02. The predicted octanol–water partition coefficient (Wildman–Crippen LogP) is 1.95. The lowest BCUT2D eigenvalue weighted by molar-refractivity contribution is -0.276. The molecule has 0 fully saturated rings. The highest BCUT2D eigenvalue weighted by Crippen LogP contribution is 2.37. The molecule has 0 radical (unpaired) electrons. The summed E-state index contributed by atoms with van der Waals surface area (Å²) in [4.78, 5) is 3.19. The summed E-state index contributed by atoms with van der Waals surface area (Å²) in [6.07, 6.45) is -10.2. The number of aliphatic hydroxyl groups is 1. The summed E-state index contributed by atoms with van der Waals surface area (Å²) in [6.45, 7) is -1.82. The first-order chi connectivity index (χ1) is 8.58. The Balaban J connectivity index is 3.44. The molecule has 0 aliphatic heterocycles. The molecular formula is C9H8F6N2O2. The molecule has 1 aromatic heterocycles. The average molecular weight is 290 g/mol. The third kappa shape index (κ3) is 3.96. The van der Waals surface area contributed by atoms with Crippen molar-refractivity contribution in [3.63, 3.8) is 0 Å². The lowest BCUT2D eigenvalue weighted by Gasteiger charge is -2.17. The van der Waals surface area contributed by atoms with Crippen molar-refractivity contribution in [3.05, 3.63) is 22.9 Å². The van der Waals surface area contributed by atoms with Gasteiger partial charge in [-0.1, -0.05) is 0 Å². The van der Waals surface area contributed by atoms with E-state index in [1.165, 1.54) is 0 Å². The fourth-order valence-electron chi connectivity index (χ4n) is 1.30. The van der Waals surface area contributed by atoms with Crippen LogP contribution in [-0.2, 0) is 19.3 Å². The van der Waals surface area contributed by atoms with Gasteiger partial charge < -0.3 is 15.6 Å². The van der Waals surface area contributed by atoms with Gasteiger partial charge in [0.2, 0.25) is 5.88 Å². The predicted molar refractivity (Wildman–Crippen MR) is 49.7 cm³/mol. The van der Waals surface area contributed by atoms with Crippen molar-refractivity contribution >= 4 is 0 Å². The number of ether oxygens (including phenoxy) is 1. The van der Waals surface area contributed by atoms with Gasteiger partial charge in [0.05, 0.1) is 23.4 Å². The van der Waals surface area contributed by atoms with E-state index in [-0.39, 0.29) is 0 Å². The molecule has 19 heavy (non-hydrogen) atoms. The zero-order valence-electron chi connectivity index (χ0n) is 9.14. The number of nitrogens with two attached hydrogens (primary N) is 1. The molecular weight excluding hydrogens is 282 g/mol. The van der Waals surface area contributed by atoms with Crippen LogP contribution in [0.25, 0.3) is 0 Å². The number of aromatic nitrogens is 1. The van der Waals surface area contributed by atoms with Crippen LogP contribution in [-0.4, -0.2) is 16.5 Å². The number of alkyl halides is 6. The van der Waals surface area contributed by atoms with Crippen LogP contribution in [0.15, 0.2) is 6.07 Å². The van der Waals surface area contributed by atoms with Crippen LogP contribution in [0.2, 0.25) is 0 Å². The van der Waals surface area contributed by atoms with Gasteiger partial charge in [-0.2, -0.15) is 13.2 Å². The van der Waals surface area contributed by atoms with Crippen LogP contribution in [0, 0.1) is 0 Å². The quantitative estimate of drug-likeness (QED) is 0.835. The molecule has 3 N–H and O–H groups in total. The molecule has 0 aliphatic carbocycles. The Labute approximate surface area is 102 Å². The maximum atomic E-state index is 12.6. The minimum atomic E-state index is -5.23. The molecule has 1 heterocycles. The Bertz CT molecular complexity index is 457. The van der Waals surface area contributed by atoms with Gasteiger partial charge in [0, 0.05) is 6.54 Å². The van der Waals surface area contributed by atoms with E-state index in [2.05, 4.69) is 9.72 Å². The molecule has 10 heteroatoms. The van der Waals surface area contributed by atoms with Crippen molar-refractivity contribution < 1.29 is 36.2 Å². The van der Waals surface area contributed by atoms with E-state index >= 15 is 0 Å². The maximum Gasteiger partial charge on any atom is 0.574 e. The number of aliphatic hydroxyl groups excluding tert-OH is 1. The highest BCUT2D eigenvalue weighted by atomic mass is 19.4. The van der Waals surface area contributed by atoms with Crippen LogP contribution in [0.5, 0.6) is 5.88 Å². The number of hydrogen-bond acceptors (Lipinski definition) is 4. The Morgan fingerprint density at radius 3 is 2.16 bits per heavy atom. The lowest BCUT2D eigenvalue weighted by Crippen LogP contribution is -2.22. The third-order valence-corrected chi connectivity index (χ3v) is 2.02. The first-order valence-electron chi connectivity index (χ1n) is 4.75. The fraction of sp³-hybridized carbons (Fsp3) is 0.444. The Kier molecular flexibility index (Phi) is 4.25.